The predicted molar refractivity (Wildman–Crippen MR) is 71.2 cm³/mol. The first-order valence-electron chi connectivity index (χ1n) is 5.91. The van der Waals surface area contributed by atoms with Gasteiger partial charge in [0.1, 0.15) is 0 Å². The lowest BCUT2D eigenvalue weighted by Gasteiger charge is -2.21. The van der Waals surface area contributed by atoms with Crippen LogP contribution >= 0.6 is 0 Å². The fourth-order valence-corrected chi connectivity index (χ4v) is 2.16. The first kappa shape index (κ1) is 12.1. The minimum absolute atomic E-state index is 0.840. The summed E-state index contributed by atoms with van der Waals surface area (Å²) in [6.07, 6.45) is 0. The van der Waals surface area contributed by atoms with Crippen molar-refractivity contribution >= 4 is 10.9 Å². The van der Waals surface area contributed by atoms with Gasteiger partial charge in [0, 0.05) is 11.1 Å². The summed E-state index contributed by atoms with van der Waals surface area (Å²) in [6, 6.07) is 6.11. The van der Waals surface area contributed by atoms with Gasteiger partial charge in [-0.15, -0.1) is 0 Å². The van der Waals surface area contributed by atoms with E-state index >= 15 is 0 Å². The molecule has 0 fully saturated rings. The fourth-order valence-electron chi connectivity index (χ4n) is 2.16. The number of nitrogens with zero attached hydrogens (tertiary/aromatic N) is 1. The molecule has 1 aromatic carbocycles. The van der Waals surface area contributed by atoms with Crippen LogP contribution in [0.2, 0.25) is 0 Å². The van der Waals surface area contributed by atoms with Crippen LogP contribution < -0.4 is 0 Å². The van der Waals surface area contributed by atoms with E-state index in [4.69, 9.17) is 0 Å². The van der Waals surface area contributed by atoms with Gasteiger partial charge in [-0.1, -0.05) is 12.1 Å². The summed E-state index contributed by atoms with van der Waals surface area (Å²) in [5, 5.41) is 11.3. The molecule has 90 valence electrons. The van der Waals surface area contributed by atoms with Crippen LogP contribution in [0.15, 0.2) is 18.2 Å². The van der Waals surface area contributed by atoms with Gasteiger partial charge in [0.2, 0.25) is 0 Å². The summed E-state index contributed by atoms with van der Waals surface area (Å²) >= 11 is 0. The molecule has 2 nitrogen and oxygen atoms in total. The third-order valence-corrected chi connectivity index (χ3v) is 3.29. The van der Waals surface area contributed by atoms with E-state index in [1.54, 1.807) is 0 Å². The van der Waals surface area contributed by atoms with Crippen molar-refractivity contribution in [2.75, 3.05) is 0 Å². The second kappa shape index (κ2) is 3.81. The van der Waals surface area contributed by atoms with Crippen LogP contribution in [0.4, 0.5) is 0 Å². The first-order chi connectivity index (χ1) is 7.80. The predicted octanol–water partition coefficient (Wildman–Crippen LogP) is 3.39. The molecule has 0 saturated heterocycles. The third-order valence-electron chi connectivity index (χ3n) is 3.29. The Morgan fingerprint density at radius 2 is 1.76 bits per heavy atom. The lowest BCUT2D eigenvalue weighted by atomic mass is 9.92. The third kappa shape index (κ3) is 2.05. The number of pyridine rings is 1. The summed E-state index contributed by atoms with van der Waals surface area (Å²) in [7, 11) is 0. The molecule has 1 aromatic heterocycles. The highest BCUT2D eigenvalue weighted by atomic mass is 16.3. The molecule has 0 unspecified atom stereocenters. The maximum atomic E-state index is 10.2. The quantitative estimate of drug-likeness (QED) is 0.813. The standard InChI is InChI=1S/C15H19NO/c1-9-6-7-12-13(15(4,5)17)8-10(2)16-14(12)11(9)3/h6-8,17H,1-5H3. The van der Waals surface area contributed by atoms with E-state index in [1.165, 1.54) is 11.1 Å². The average molecular weight is 229 g/mol. The van der Waals surface area contributed by atoms with Crippen molar-refractivity contribution in [1.82, 2.24) is 4.98 Å². The zero-order valence-corrected chi connectivity index (χ0v) is 11.1. The fraction of sp³-hybridized carbons (Fsp3) is 0.400. The lowest BCUT2D eigenvalue weighted by Crippen LogP contribution is -2.17. The van der Waals surface area contributed by atoms with Gasteiger partial charge in [-0.2, -0.15) is 0 Å². The molecule has 1 N–H and O–H groups in total. The van der Waals surface area contributed by atoms with Crippen LogP contribution in [-0.2, 0) is 5.60 Å². The van der Waals surface area contributed by atoms with Crippen molar-refractivity contribution in [3.05, 3.63) is 40.6 Å². The summed E-state index contributed by atoms with van der Waals surface area (Å²) in [5.74, 6) is 0. The zero-order chi connectivity index (χ0) is 12.8. The van der Waals surface area contributed by atoms with Crippen molar-refractivity contribution in [3.8, 4) is 0 Å². The number of benzene rings is 1. The van der Waals surface area contributed by atoms with Gasteiger partial charge in [-0.05, 0) is 57.4 Å². The van der Waals surface area contributed by atoms with E-state index in [-0.39, 0.29) is 0 Å². The Morgan fingerprint density at radius 3 is 2.35 bits per heavy atom. The Morgan fingerprint density at radius 1 is 1.12 bits per heavy atom. The number of rotatable bonds is 1. The van der Waals surface area contributed by atoms with E-state index in [0.717, 1.165) is 22.2 Å². The van der Waals surface area contributed by atoms with Gasteiger partial charge in [-0.3, -0.25) is 4.98 Å². The molecule has 2 rings (SSSR count). The minimum atomic E-state index is -0.840. The summed E-state index contributed by atoms with van der Waals surface area (Å²) in [5.41, 5.74) is 4.48. The molecule has 0 bridgehead atoms. The van der Waals surface area contributed by atoms with Gasteiger partial charge in [0.05, 0.1) is 11.1 Å². The highest BCUT2D eigenvalue weighted by Gasteiger charge is 2.20. The minimum Gasteiger partial charge on any atom is -0.386 e. The van der Waals surface area contributed by atoms with Gasteiger partial charge in [0.15, 0.2) is 0 Å². The zero-order valence-electron chi connectivity index (χ0n) is 11.1. The molecular formula is C15H19NO. The molecule has 2 heteroatoms. The van der Waals surface area contributed by atoms with E-state index in [0.29, 0.717) is 0 Å². The van der Waals surface area contributed by atoms with Crippen LogP contribution in [0, 0.1) is 20.8 Å². The number of aromatic nitrogens is 1. The van der Waals surface area contributed by atoms with E-state index in [2.05, 4.69) is 31.0 Å². The molecule has 0 aliphatic rings. The van der Waals surface area contributed by atoms with Crippen LogP contribution in [0.1, 0.15) is 36.2 Å². The largest absolute Gasteiger partial charge is 0.386 e. The smallest absolute Gasteiger partial charge is 0.0847 e. The number of fused-ring (bicyclic) bond motifs is 1. The van der Waals surface area contributed by atoms with Gasteiger partial charge in [0.25, 0.3) is 0 Å². The van der Waals surface area contributed by atoms with Crippen LogP contribution in [0.5, 0.6) is 0 Å². The molecular weight excluding hydrogens is 210 g/mol. The molecule has 1 heterocycles. The number of hydrogen-bond acceptors (Lipinski definition) is 2. The summed E-state index contributed by atoms with van der Waals surface area (Å²) < 4.78 is 0. The SMILES string of the molecule is Cc1cc(C(C)(C)O)c2ccc(C)c(C)c2n1. The van der Waals surface area contributed by atoms with Gasteiger partial charge in [-0.25, -0.2) is 0 Å². The Hall–Kier alpha value is -1.41. The van der Waals surface area contributed by atoms with Crippen LogP contribution in [-0.4, -0.2) is 10.1 Å². The highest BCUT2D eigenvalue weighted by molar-refractivity contribution is 5.86. The molecule has 0 radical (unpaired) electrons. The van der Waals surface area contributed by atoms with E-state index < -0.39 is 5.60 Å². The molecule has 2 aromatic rings. The molecule has 0 spiro atoms. The van der Waals surface area contributed by atoms with Crippen molar-refractivity contribution in [2.45, 2.75) is 40.2 Å². The van der Waals surface area contributed by atoms with E-state index in [9.17, 15) is 5.11 Å². The first-order valence-corrected chi connectivity index (χ1v) is 5.91. The normalized spacial score (nSPS) is 12.1. The van der Waals surface area contributed by atoms with Crippen LogP contribution in [0.25, 0.3) is 10.9 Å². The summed E-state index contributed by atoms with van der Waals surface area (Å²) in [4.78, 5) is 4.60. The highest BCUT2D eigenvalue weighted by Crippen LogP contribution is 2.30. The van der Waals surface area contributed by atoms with Gasteiger partial charge < -0.3 is 5.11 Å². The second-order valence-corrected chi connectivity index (χ2v) is 5.27. The summed E-state index contributed by atoms with van der Waals surface area (Å²) in [6.45, 7) is 9.77. The lowest BCUT2D eigenvalue weighted by molar-refractivity contribution is 0.0800. The number of aliphatic hydroxyl groups is 1. The van der Waals surface area contributed by atoms with Crippen molar-refractivity contribution < 1.29 is 5.11 Å². The number of aryl methyl sites for hydroxylation is 3. The molecule has 0 amide bonds. The Bertz CT molecular complexity index is 579. The molecule has 0 atom stereocenters. The monoisotopic (exact) mass is 229 g/mol. The maximum Gasteiger partial charge on any atom is 0.0847 e. The average Bonchev–Trinajstić information content (AvgIpc) is 2.22. The molecule has 0 saturated carbocycles. The van der Waals surface area contributed by atoms with Crippen molar-refractivity contribution in [2.24, 2.45) is 0 Å². The van der Waals surface area contributed by atoms with Crippen LogP contribution in [0.3, 0.4) is 0 Å². The molecule has 17 heavy (non-hydrogen) atoms. The topological polar surface area (TPSA) is 33.1 Å². The Kier molecular flexibility index (Phi) is 2.70. The maximum absolute atomic E-state index is 10.2. The second-order valence-electron chi connectivity index (χ2n) is 5.27. The van der Waals surface area contributed by atoms with Crippen molar-refractivity contribution in [1.29, 1.82) is 0 Å². The van der Waals surface area contributed by atoms with Crippen molar-refractivity contribution in [3.63, 3.8) is 0 Å². The molecule has 0 aliphatic heterocycles. The molecule has 0 aliphatic carbocycles. The Balaban J connectivity index is 2.92. The van der Waals surface area contributed by atoms with E-state index in [1.807, 2.05) is 26.8 Å². The van der Waals surface area contributed by atoms with Gasteiger partial charge >= 0.3 is 0 Å². The Labute approximate surface area is 102 Å². The number of hydrogen-bond donors (Lipinski definition) is 1.